The lowest BCUT2D eigenvalue weighted by molar-refractivity contribution is -0.137. The first-order chi connectivity index (χ1) is 11.6. The van der Waals surface area contributed by atoms with E-state index >= 15 is 0 Å². The molecule has 0 aromatic carbocycles. The second-order valence-corrected chi connectivity index (χ2v) is 8.38. The average Bonchev–Trinajstić information content (AvgIpc) is 2.60. The highest BCUT2D eigenvalue weighted by atomic mass is 79.9. The molecule has 138 valence electrons. The first kappa shape index (κ1) is 19.7. The number of hydrogen-bond acceptors (Lipinski definition) is 4. The van der Waals surface area contributed by atoms with Crippen LogP contribution in [0.3, 0.4) is 0 Å². The Balaban J connectivity index is 1.60. The summed E-state index contributed by atoms with van der Waals surface area (Å²) in [4.78, 5) is 17.4. The van der Waals surface area contributed by atoms with Crippen molar-refractivity contribution in [2.75, 3.05) is 6.61 Å². The zero-order valence-electron chi connectivity index (χ0n) is 15.0. The van der Waals surface area contributed by atoms with Crippen LogP contribution >= 0.6 is 15.9 Å². The summed E-state index contributed by atoms with van der Waals surface area (Å²) >= 11 is 3.48. The van der Waals surface area contributed by atoms with Crippen molar-refractivity contribution >= 4 is 27.6 Å². The van der Waals surface area contributed by atoms with Gasteiger partial charge in [-0.2, -0.15) is 0 Å². The van der Waals surface area contributed by atoms with Crippen molar-refractivity contribution in [3.8, 4) is 0 Å². The average molecular weight is 402 g/mol. The van der Waals surface area contributed by atoms with Gasteiger partial charge in [0, 0.05) is 0 Å². The van der Waals surface area contributed by atoms with Gasteiger partial charge >= 0.3 is 5.97 Å². The lowest BCUT2D eigenvalue weighted by atomic mass is 9.87. The Labute approximate surface area is 154 Å². The summed E-state index contributed by atoms with van der Waals surface area (Å²) in [7, 11) is 0. The van der Waals surface area contributed by atoms with Gasteiger partial charge in [-0.05, 0) is 47.5 Å². The normalized spacial score (nSPS) is 22.2. The lowest BCUT2D eigenvalue weighted by Crippen LogP contribution is -2.22. The highest BCUT2D eigenvalue weighted by molar-refractivity contribution is 9.09. The fraction of sp³-hybridized carbons (Fsp3) is 0.895. The van der Waals surface area contributed by atoms with Crippen LogP contribution < -0.4 is 0 Å². The number of hydrogen-bond donors (Lipinski definition) is 0. The van der Waals surface area contributed by atoms with E-state index in [1.54, 1.807) is 6.92 Å². The second kappa shape index (κ2) is 11.1. The molecule has 0 N–H and O–H groups in total. The Bertz CT molecular complexity index is 401. The number of rotatable bonds is 8. The van der Waals surface area contributed by atoms with E-state index in [4.69, 9.17) is 9.57 Å². The van der Waals surface area contributed by atoms with Crippen molar-refractivity contribution in [3.63, 3.8) is 0 Å². The summed E-state index contributed by atoms with van der Waals surface area (Å²) in [5.41, 5.74) is 0.298. The minimum Gasteiger partial charge on any atom is -0.446 e. The molecule has 2 rings (SSSR count). The number of esters is 1. The van der Waals surface area contributed by atoms with Crippen molar-refractivity contribution in [2.24, 2.45) is 17.0 Å². The van der Waals surface area contributed by atoms with Crippen LogP contribution in [-0.2, 0) is 14.4 Å². The molecule has 0 aliphatic heterocycles. The SMILES string of the molecule is CC(=NOCCC1CCCCC1)C(=O)OC(Br)CC1CCCCC1. The Kier molecular flexibility index (Phi) is 9.14. The topological polar surface area (TPSA) is 47.9 Å². The Morgan fingerprint density at radius 1 is 1.04 bits per heavy atom. The molecular formula is C19H32BrNO3. The van der Waals surface area contributed by atoms with Crippen LogP contribution in [0.4, 0.5) is 0 Å². The number of carbonyl (C=O) groups excluding carboxylic acids is 1. The number of ether oxygens (including phenoxy) is 1. The van der Waals surface area contributed by atoms with E-state index in [1.165, 1.54) is 64.2 Å². The molecule has 2 aliphatic carbocycles. The quantitative estimate of drug-likeness (QED) is 0.175. The molecule has 2 fully saturated rings. The molecule has 1 unspecified atom stereocenters. The summed E-state index contributed by atoms with van der Waals surface area (Å²) in [6.45, 7) is 2.25. The molecule has 0 amide bonds. The van der Waals surface area contributed by atoms with Gasteiger partial charge in [0.1, 0.15) is 6.61 Å². The molecule has 1 atom stereocenters. The maximum absolute atomic E-state index is 12.0. The van der Waals surface area contributed by atoms with Gasteiger partial charge in [0.05, 0.1) is 0 Å². The minimum atomic E-state index is -0.384. The molecule has 2 saturated carbocycles. The molecule has 0 heterocycles. The predicted molar refractivity (Wildman–Crippen MR) is 100 cm³/mol. The fourth-order valence-corrected chi connectivity index (χ4v) is 4.51. The highest BCUT2D eigenvalue weighted by Gasteiger charge is 2.21. The lowest BCUT2D eigenvalue weighted by Gasteiger charge is -2.23. The predicted octanol–water partition coefficient (Wildman–Crippen LogP) is 5.58. The van der Waals surface area contributed by atoms with E-state index in [1.807, 2.05) is 0 Å². The van der Waals surface area contributed by atoms with Gasteiger partial charge in [0.2, 0.25) is 0 Å². The molecule has 4 nitrogen and oxygen atoms in total. The first-order valence-electron chi connectivity index (χ1n) is 9.66. The number of alkyl halides is 1. The van der Waals surface area contributed by atoms with Crippen LogP contribution in [0, 0.1) is 11.8 Å². The number of halogens is 1. The monoisotopic (exact) mass is 401 g/mol. The van der Waals surface area contributed by atoms with Gasteiger partial charge < -0.3 is 9.57 Å². The molecule has 0 bridgehead atoms. The van der Waals surface area contributed by atoms with Gasteiger partial charge in [-0.3, -0.25) is 0 Å². The molecule has 0 aromatic rings. The van der Waals surface area contributed by atoms with Crippen LogP contribution in [0.2, 0.25) is 0 Å². The summed E-state index contributed by atoms with van der Waals surface area (Å²) < 4.78 is 5.43. The Morgan fingerprint density at radius 3 is 2.25 bits per heavy atom. The van der Waals surface area contributed by atoms with Crippen molar-refractivity contribution in [1.82, 2.24) is 0 Å². The largest absolute Gasteiger partial charge is 0.446 e. The summed E-state index contributed by atoms with van der Waals surface area (Å²) in [5, 5.41) is 3.71. The maximum atomic E-state index is 12.0. The van der Waals surface area contributed by atoms with E-state index in [0.29, 0.717) is 18.2 Å². The molecular weight excluding hydrogens is 370 g/mol. The van der Waals surface area contributed by atoms with Crippen LogP contribution in [0.15, 0.2) is 5.16 Å². The third-order valence-corrected chi connectivity index (χ3v) is 5.88. The molecule has 24 heavy (non-hydrogen) atoms. The molecule has 0 aromatic heterocycles. The summed E-state index contributed by atoms with van der Waals surface area (Å²) in [6, 6.07) is 0. The van der Waals surface area contributed by atoms with Gasteiger partial charge in [-0.25, -0.2) is 4.79 Å². The van der Waals surface area contributed by atoms with E-state index < -0.39 is 0 Å². The van der Waals surface area contributed by atoms with Gasteiger partial charge in [-0.1, -0.05) is 69.4 Å². The Hall–Kier alpha value is -0.580. The van der Waals surface area contributed by atoms with Crippen LogP contribution in [0.25, 0.3) is 0 Å². The molecule has 5 heteroatoms. The van der Waals surface area contributed by atoms with E-state index in [-0.39, 0.29) is 11.0 Å². The zero-order chi connectivity index (χ0) is 17.2. The van der Waals surface area contributed by atoms with E-state index in [9.17, 15) is 4.79 Å². The van der Waals surface area contributed by atoms with E-state index in [2.05, 4.69) is 21.1 Å². The van der Waals surface area contributed by atoms with E-state index in [0.717, 1.165) is 18.8 Å². The smallest absolute Gasteiger partial charge is 0.356 e. The molecule has 0 radical (unpaired) electrons. The second-order valence-electron chi connectivity index (χ2n) is 7.36. The standard InChI is InChI=1S/C19H32BrNO3/c1-15(21-23-13-12-16-8-4-2-5-9-16)19(22)24-18(20)14-17-10-6-3-7-11-17/h16-18H,2-14H2,1H3. The molecule has 0 saturated heterocycles. The number of oxime groups is 1. The minimum absolute atomic E-state index is 0.222. The number of nitrogens with zero attached hydrogens (tertiary/aromatic N) is 1. The van der Waals surface area contributed by atoms with Gasteiger partial charge in [0.25, 0.3) is 0 Å². The van der Waals surface area contributed by atoms with Crippen LogP contribution in [-0.4, -0.2) is 23.3 Å². The van der Waals surface area contributed by atoms with Crippen LogP contribution in [0.1, 0.15) is 84.0 Å². The van der Waals surface area contributed by atoms with Crippen molar-refractivity contribution < 1.29 is 14.4 Å². The summed E-state index contributed by atoms with van der Waals surface area (Å²) in [5.74, 6) is 1.05. The van der Waals surface area contributed by atoms with Crippen molar-refractivity contribution in [3.05, 3.63) is 0 Å². The third kappa shape index (κ3) is 7.54. The number of carbonyl (C=O) groups is 1. The third-order valence-electron chi connectivity index (χ3n) is 5.32. The van der Waals surface area contributed by atoms with Gasteiger partial charge in [-0.15, -0.1) is 0 Å². The van der Waals surface area contributed by atoms with Crippen molar-refractivity contribution in [2.45, 2.75) is 89.0 Å². The zero-order valence-corrected chi connectivity index (χ0v) is 16.6. The Morgan fingerprint density at radius 2 is 1.62 bits per heavy atom. The highest BCUT2D eigenvalue weighted by Crippen LogP contribution is 2.29. The molecule has 0 spiro atoms. The first-order valence-corrected chi connectivity index (χ1v) is 10.6. The fourth-order valence-electron chi connectivity index (χ4n) is 3.81. The summed E-state index contributed by atoms with van der Waals surface area (Å²) in [6.07, 6.45) is 15.0. The van der Waals surface area contributed by atoms with Crippen molar-refractivity contribution in [1.29, 1.82) is 0 Å². The molecule has 2 aliphatic rings. The van der Waals surface area contributed by atoms with Crippen LogP contribution in [0.5, 0.6) is 0 Å². The van der Waals surface area contributed by atoms with Gasteiger partial charge in [0.15, 0.2) is 10.7 Å². The maximum Gasteiger partial charge on any atom is 0.356 e.